The Bertz CT molecular complexity index is 371. The topological polar surface area (TPSA) is 43.1 Å². The van der Waals surface area contributed by atoms with E-state index in [1.54, 1.807) is 0 Å². The van der Waals surface area contributed by atoms with Crippen LogP contribution >= 0.6 is 0 Å². The molecule has 0 amide bonds. The van der Waals surface area contributed by atoms with E-state index in [2.05, 4.69) is 0 Å². The van der Waals surface area contributed by atoms with Crippen molar-refractivity contribution < 1.29 is 4.79 Å². The van der Waals surface area contributed by atoms with Gasteiger partial charge in [-0.2, -0.15) is 0 Å². The summed E-state index contributed by atoms with van der Waals surface area (Å²) in [6, 6.07) is 6.03. The molecular formula is C14H21NO. The molecule has 0 aromatic heterocycles. The Morgan fingerprint density at radius 1 is 1.38 bits per heavy atom. The normalized spacial score (nSPS) is 12.5. The Morgan fingerprint density at radius 2 is 2.06 bits per heavy atom. The Balaban J connectivity index is 2.83. The first-order valence-electron chi connectivity index (χ1n) is 5.87. The van der Waals surface area contributed by atoms with Crippen LogP contribution in [0.25, 0.3) is 0 Å². The first kappa shape index (κ1) is 12.9. The van der Waals surface area contributed by atoms with Gasteiger partial charge in [0.25, 0.3) is 0 Å². The van der Waals surface area contributed by atoms with Crippen LogP contribution in [0, 0.1) is 19.8 Å². The minimum Gasteiger partial charge on any atom is -0.330 e. The fourth-order valence-electron chi connectivity index (χ4n) is 1.82. The van der Waals surface area contributed by atoms with E-state index in [1.807, 2.05) is 39.0 Å². The lowest BCUT2D eigenvalue weighted by Crippen LogP contribution is -2.14. The van der Waals surface area contributed by atoms with E-state index in [0.717, 1.165) is 29.5 Å². The van der Waals surface area contributed by atoms with Gasteiger partial charge in [0.15, 0.2) is 5.78 Å². The van der Waals surface area contributed by atoms with E-state index in [4.69, 9.17) is 5.73 Å². The van der Waals surface area contributed by atoms with Gasteiger partial charge in [-0.15, -0.1) is 0 Å². The highest BCUT2D eigenvalue weighted by molar-refractivity contribution is 5.99. The molecule has 0 aliphatic carbocycles. The molecule has 0 aliphatic heterocycles. The number of aryl methyl sites for hydroxylation is 2. The summed E-state index contributed by atoms with van der Waals surface area (Å²) in [5.41, 5.74) is 8.53. The van der Waals surface area contributed by atoms with Crippen LogP contribution in [-0.2, 0) is 0 Å². The summed E-state index contributed by atoms with van der Waals surface area (Å²) < 4.78 is 0. The standard InChI is InChI=1S/C14H21NO/c1-10-6-7-11(2)13(9-10)14(16)12(3)5-4-8-15/h6-7,9,12H,4-5,8,15H2,1-3H3. The number of hydrogen-bond acceptors (Lipinski definition) is 2. The fourth-order valence-corrected chi connectivity index (χ4v) is 1.82. The fraction of sp³-hybridized carbons (Fsp3) is 0.500. The molecule has 0 saturated carbocycles. The molecule has 1 unspecified atom stereocenters. The van der Waals surface area contributed by atoms with Crippen molar-refractivity contribution in [2.24, 2.45) is 11.7 Å². The summed E-state index contributed by atoms with van der Waals surface area (Å²) in [5.74, 6) is 0.318. The van der Waals surface area contributed by atoms with Crippen LogP contribution in [-0.4, -0.2) is 12.3 Å². The molecule has 1 aromatic carbocycles. The number of benzene rings is 1. The summed E-state index contributed by atoms with van der Waals surface area (Å²) in [4.78, 5) is 12.2. The van der Waals surface area contributed by atoms with Crippen LogP contribution in [0.15, 0.2) is 18.2 Å². The average molecular weight is 219 g/mol. The van der Waals surface area contributed by atoms with E-state index < -0.39 is 0 Å². The van der Waals surface area contributed by atoms with E-state index in [9.17, 15) is 4.79 Å². The second-order valence-corrected chi connectivity index (χ2v) is 4.51. The van der Waals surface area contributed by atoms with Crippen LogP contribution < -0.4 is 5.73 Å². The van der Waals surface area contributed by atoms with E-state index >= 15 is 0 Å². The summed E-state index contributed by atoms with van der Waals surface area (Å²) in [7, 11) is 0. The zero-order valence-electron chi connectivity index (χ0n) is 10.4. The van der Waals surface area contributed by atoms with Crippen molar-refractivity contribution in [1.82, 2.24) is 0 Å². The molecule has 0 saturated heterocycles. The third kappa shape index (κ3) is 3.17. The third-order valence-corrected chi connectivity index (χ3v) is 2.95. The molecular weight excluding hydrogens is 198 g/mol. The second-order valence-electron chi connectivity index (χ2n) is 4.51. The Morgan fingerprint density at radius 3 is 2.69 bits per heavy atom. The van der Waals surface area contributed by atoms with Gasteiger partial charge in [-0.25, -0.2) is 0 Å². The van der Waals surface area contributed by atoms with Crippen molar-refractivity contribution in [3.8, 4) is 0 Å². The third-order valence-electron chi connectivity index (χ3n) is 2.95. The van der Waals surface area contributed by atoms with Gasteiger partial charge < -0.3 is 5.73 Å². The summed E-state index contributed by atoms with van der Waals surface area (Å²) in [5, 5.41) is 0. The molecule has 0 radical (unpaired) electrons. The largest absolute Gasteiger partial charge is 0.330 e. The molecule has 0 fully saturated rings. The average Bonchev–Trinajstić information content (AvgIpc) is 2.28. The highest BCUT2D eigenvalue weighted by Gasteiger charge is 2.16. The predicted molar refractivity (Wildman–Crippen MR) is 67.7 cm³/mol. The van der Waals surface area contributed by atoms with Gasteiger partial charge in [0.1, 0.15) is 0 Å². The van der Waals surface area contributed by atoms with Crippen LogP contribution in [0.3, 0.4) is 0 Å². The van der Waals surface area contributed by atoms with Crippen molar-refractivity contribution in [2.75, 3.05) is 6.54 Å². The maximum absolute atomic E-state index is 12.2. The first-order chi connectivity index (χ1) is 7.56. The number of ketones is 1. The van der Waals surface area contributed by atoms with E-state index in [-0.39, 0.29) is 11.7 Å². The minimum atomic E-state index is 0.0732. The summed E-state index contributed by atoms with van der Waals surface area (Å²) in [6.45, 7) is 6.65. The molecule has 0 heterocycles. The highest BCUT2D eigenvalue weighted by atomic mass is 16.1. The maximum Gasteiger partial charge on any atom is 0.165 e. The number of nitrogens with two attached hydrogens (primary N) is 1. The van der Waals surface area contributed by atoms with Crippen LogP contribution in [0.2, 0.25) is 0 Å². The van der Waals surface area contributed by atoms with Gasteiger partial charge in [0.05, 0.1) is 0 Å². The Hall–Kier alpha value is -1.15. The van der Waals surface area contributed by atoms with Gasteiger partial charge in [0.2, 0.25) is 0 Å². The quantitative estimate of drug-likeness (QED) is 0.774. The molecule has 0 spiro atoms. The van der Waals surface area contributed by atoms with Crippen LogP contribution in [0.1, 0.15) is 41.3 Å². The summed E-state index contributed by atoms with van der Waals surface area (Å²) in [6.07, 6.45) is 1.79. The van der Waals surface area contributed by atoms with Crippen molar-refractivity contribution >= 4 is 5.78 Å². The van der Waals surface area contributed by atoms with E-state index in [1.165, 1.54) is 0 Å². The molecule has 1 rings (SSSR count). The molecule has 16 heavy (non-hydrogen) atoms. The van der Waals surface area contributed by atoms with Crippen LogP contribution in [0.5, 0.6) is 0 Å². The molecule has 1 atom stereocenters. The van der Waals surface area contributed by atoms with Gasteiger partial charge >= 0.3 is 0 Å². The number of rotatable bonds is 5. The lowest BCUT2D eigenvalue weighted by atomic mass is 9.91. The van der Waals surface area contributed by atoms with Crippen molar-refractivity contribution in [1.29, 1.82) is 0 Å². The zero-order valence-corrected chi connectivity index (χ0v) is 10.4. The number of carbonyl (C=O) groups excluding carboxylic acids is 1. The van der Waals surface area contributed by atoms with Crippen molar-refractivity contribution in [3.05, 3.63) is 34.9 Å². The van der Waals surface area contributed by atoms with Gasteiger partial charge in [-0.05, 0) is 44.9 Å². The molecule has 0 aliphatic rings. The molecule has 88 valence electrons. The Labute approximate surface area is 97.9 Å². The predicted octanol–water partition coefficient (Wildman–Crippen LogP) is 2.86. The SMILES string of the molecule is Cc1ccc(C)c(C(=O)C(C)CCCN)c1. The monoisotopic (exact) mass is 219 g/mol. The van der Waals surface area contributed by atoms with Crippen molar-refractivity contribution in [3.63, 3.8) is 0 Å². The zero-order chi connectivity index (χ0) is 12.1. The van der Waals surface area contributed by atoms with Gasteiger partial charge in [-0.1, -0.05) is 24.6 Å². The summed E-state index contributed by atoms with van der Waals surface area (Å²) >= 11 is 0. The molecule has 0 bridgehead atoms. The van der Waals surface area contributed by atoms with E-state index in [0.29, 0.717) is 6.54 Å². The van der Waals surface area contributed by atoms with Gasteiger partial charge in [0, 0.05) is 11.5 Å². The van der Waals surface area contributed by atoms with Crippen LogP contribution in [0.4, 0.5) is 0 Å². The molecule has 2 N–H and O–H groups in total. The minimum absolute atomic E-state index is 0.0732. The first-order valence-corrected chi connectivity index (χ1v) is 5.87. The number of carbonyl (C=O) groups is 1. The van der Waals surface area contributed by atoms with Crippen molar-refractivity contribution in [2.45, 2.75) is 33.6 Å². The molecule has 2 nitrogen and oxygen atoms in total. The molecule has 1 aromatic rings. The Kier molecular flexibility index (Phi) is 4.69. The lowest BCUT2D eigenvalue weighted by Gasteiger charge is -2.12. The molecule has 2 heteroatoms. The number of hydrogen-bond donors (Lipinski definition) is 1. The number of Topliss-reactive ketones (excluding diaryl/α,β-unsaturated/α-hetero) is 1. The van der Waals surface area contributed by atoms with Gasteiger partial charge in [-0.3, -0.25) is 4.79 Å². The maximum atomic E-state index is 12.2. The second kappa shape index (κ2) is 5.80. The smallest absolute Gasteiger partial charge is 0.165 e. The lowest BCUT2D eigenvalue weighted by molar-refractivity contribution is 0.0922. The highest BCUT2D eigenvalue weighted by Crippen LogP contribution is 2.18.